The number of benzene rings is 2. The van der Waals surface area contributed by atoms with Crippen molar-refractivity contribution in [3.8, 4) is 11.5 Å². The van der Waals surface area contributed by atoms with Gasteiger partial charge in [-0.2, -0.15) is 0 Å². The van der Waals surface area contributed by atoms with Crippen LogP contribution in [-0.2, 0) is 25.5 Å². The molecule has 0 heterocycles. The molecule has 0 aliphatic heterocycles. The molecule has 2 rings (SSSR count). The Kier molecular flexibility index (Phi) is 7.67. The fourth-order valence-corrected chi connectivity index (χ4v) is 2.55. The van der Waals surface area contributed by atoms with Gasteiger partial charge in [-0.05, 0) is 43.7 Å². The molecule has 144 valence electrons. The summed E-state index contributed by atoms with van der Waals surface area (Å²) >= 11 is 0. The molecule has 0 radical (unpaired) electrons. The second-order valence-corrected chi connectivity index (χ2v) is 5.66. The first-order chi connectivity index (χ1) is 13.1. The third-order valence-corrected chi connectivity index (χ3v) is 3.69. The van der Waals surface area contributed by atoms with E-state index in [1.165, 1.54) is 7.11 Å². The van der Waals surface area contributed by atoms with Gasteiger partial charge in [0.15, 0.2) is 0 Å². The summed E-state index contributed by atoms with van der Waals surface area (Å²) in [6.45, 7) is 4.77. The minimum atomic E-state index is -1.15. The van der Waals surface area contributed by atoms with Crippen LogP contribution in [0.3, 0.4) is 0 Å². The lowest BCUT2D eigenvalue weighted by Crippen LogP contribution is -2.22. The van der Waals surface area contributed by atoms with Crippen LogP contribution in [0, 0.1) is 0 Å². The molecule has 0 saturated heterocycles. The predicted octanol–water partition coefficient (Wildman–Crippen LogP) is 3.48. The number of carbonyl (C=O) groups is 2. The summed E-state index contributed by atoms with van der Waals surface area (Å²) in [6, 6.07) is 14.0. The van der Waals surface area contributed by atoms with Gasteiger partial charge in [0.1, 0.15) is 11.5 Å². The average molecular weight is 372 g/mol. The van der Waals surface area contributed by atoms with E-state index in [1.807, 2.05) is 19.9 Å². The Labute approximate surface area is 159 Å². The predicted molar refractivity (Wildman–Crippen MR) is 99.8 cm³/mol. The molecule has 6 heteroatoms. The highest BCUT2D eigenvalue weighted by atomic mass is 16.6. The minimum absolute atomic E-state index is 0.0135. The van der Waals surface area contributed by atoms with Crippen molar-refractivity contribution in [1.82, 2.24) is 0 Å². The first-order valence-electron chi connectivity index (χ1n) is 8.79. The average Bonchev–Trinajstić information content (AvgIpc) is 2.66. The van der Waals surface area contributed by atoms with Gasteiger partial charge in [0.25, 0.3) is 0 Å². The molecule has 0 amide bonds. The van der Waals surface area contributed by atoms with Crippen molar-refractivity contribution in [2.24, 2.45) is 0 Å². The lowest BCUT2D eigenvalue weighted by molar-refractivity contribution is -0.166. The molecule has 1 unspecified atom stereocenters. The van der Waals surface area contributed by atoms with E-state index in [4.69, 9.17) is 18.9 Å². The Morgan fingerprint density at radius 3 is 2.19 bits per heavy atom. The molecule has 0 fully saturated rings. The zero-order valence-corrected chi connectivity index (χ0v) is 15.8. The zero-order valence-electron chi connectivity index (χ0n) is 15.8. The molecular formula is C21H24O6. The SMILES string of the molecule is CCOc1cccc(CC(=O)OC(C(=O)OC)c2cccc(OCC)c2)c1. The van der Waals surface area contributed by atoms with Crippen LogP contribution in [0.25, 0.3) is 0 Å². The third-order valence-electron chi connectivity index (χ3n) is 3.69. The van der Waals surface area contributed by atoms with Crippen molar-refractivity contribution in [1.29, 1.82) is 0 Å². The summed E-state index contributed by atoms with van der Waals surface area (Å²) < 4.78 is 21.1. The Morgan fingerprint density at radius 2 is 1.56 bits per heavy atom. The van der Waals surface area contributed by atoms with Crippen LogP contribution < -0.4 is 9.47 Å². The summed E-state index contributed by atoms with van der Waals surface area (Å²) in [5.74, 6) is 0.0713. The number of carbonyl (C=O) groups excluding carboxylic acids is 2. The van der Waals surface area contributed by atoms with E-state index in [2.05, 4.69) is 0 Å². The van der Waals surface area contributed by atoms with Gasteiger partial charge in [-0.1, -0.05) is 24.3 Å². The number of methoxy groups -OCH3 is 1. The monoisotopic (exact) mass is 372 g/mol. The van der Waals surface area contributed by atoms with E-state index in [1.54, 1.807) is 42.5 Å². The van der Waals surface area contributed by atoms with E-state index >= 15 is 0 Å². The molecule has 6 nitrogen and oxygen atoms in total. The van der Waals surface area contributed by atoms with Gasteiger partial charge in [0, 0.05) is 5.56 Å². The van der Waals surface area contributed by atoms with Crippen LogP contribution in [0.5, 0.6) is 11.5 Å². The van der Waals surface area contributed by atoms with Gasteiger partial charge in [-0.25, -0.2) is 4.79 Å². The molecule has 1 atom stereocenters. The molecule has 2 aromatic carbocycles. The van der Waals surface area contributed by atoms with E-state index in [0.29, 0.717) is 30.3 Å². The molecule has 2 aromatic rings. The van der Waals surface area contributed by atoms with Crippen LogP contribution >= 0.6 is 0 Å². The molecule has 0 spiro atoms. The molecule has 0 aliphatic carbocycles. The third kappa shape index (κ3) is 6.02. The van der Waals surface area contributed by atoms with Crippen molar-refractivity contribution >= 4 is 11.9 Å². The van der Waals surface area contributed by atoms with Crippen LogP contribution in [-0.4, -0.2) is 32.3 Å². The van der Waals surface area contributed by atoms with E-state index in [-0.39, 0.29) is 6.42 Å². The summed E-state index contributed by atoms with van der Waals surface area (Å²) in [7, 11) is 1.25. The quantitative estimate of drug-likeness (QED) is 0.628. The summed E-state index contributed by atoms with van der Waals surface area (Å²) in [6.07, 6.45) is -1.14. The minimum Gasteiger partial charge on any atom is -0.494 e. The first-order valence-corrected chi connectivity index (χ1v) is 8.79. The number of hydrogen-bond donors (Lipinski definition) is 0. The number of ether oxygens (including phenoxy) is 4. The van der Waals surface area contributed by atoms with Gasteiger partial charge in [-0.3, -0.25) is 4.79 Å². The van der Waals surface area contributed by atoms with Crippen molar-refractivity contribution < 1.29 is 28.5 Å². The highest BCUT2D eigenvalue weighted by Gasteiger charge is 2.26. The molecule has 0 aliphatic rings. The Morgan fingerprint density at radius 1 is 0.926 bits per heavy atom. The van der Waals surface area contributed by atoms with Crippen molar-refractivity contribution in [2.45, 2.75) is 26.4 Å². The van der Waals surface area contributed by atoms with Gasteiger partial charge < -0.3 is 18.9 Å². The number of rotatable bonds is 9. The summed E-state index contributed by atoms with van der Waals surface area (Å²) in [4.78, 5) is 24.5. The molecule has 0 bridgehead atoms. The van der Waals surface area contributed by atoms with E-state index in [9.17, 15) is 9.59 Å². The zero-order chi connectivity index (χ0) is 19.6. The van der Waals surface area contributed by atoms with Crippen molar-refractivity contribution in [3.05, 3.63) is 59.7 Å². The van der Waals surface area contributed by atoms with Gasteiger partial charge in [0.2, 0.25) is 6.10 Å². The molecule has 27 heavy (non-hydrogen) atoms. The van der Waals surface area contributed by atoms with E-state index < -0.39 is 18.0 Å². The normalized spacial score (nSPS) is 11.4. The lowest BCUT2D eigenvalue weighted by Gasteiger charge is -2.17. The smallest absolute Gasteiger partial charge is 0.351 e. The highest BCUT2D eigenvalue weighted by molar-refractivity contribution is 5.81. The summed E-state index contributed by atoms with van der Waals surface area (Å²) in [5, 5.41) is 0. The fourth-order valence-electron chi connectivity index (χ4n) is 2.55. The van der Waals surface area contributed by atoms with Gasteiger partial charge in [0.05, 0.1) is 26.7 Å². The Hall–Kier alpha value is -3.02. The van der Waals surface area contributed by atoms with Crippen LogP contribution in [0.2, 0.25) is 0 Å². The maximum absolute atomic E-state index is 12.4. The van der Waals surface area contributed by atoms with Gasteiger partial charge >= 0.3 is 11.9 Å². The number of hydrogen-bond acceptors (Lipinski definition) is 6. The second kappa shape index (κ2) is 10.2. The van der Waals surface area contributed by atoms with Crippen molar-refractivity contribution in [3.63, 3.8) is 0 Å². The largest absolute Gasteiger partial charge is 0.494 e. The molecular weight excluding hydrogens is 348 g/mol. The topological polar surface area (TPSA) is 71.1 Å². The molecule has 0 N–H and O–H groups in total. The fraction of sp³-hybridized carbons (Fsp3) is 0.333. The maximum atomic E-state index is 12.4. The first kappa shape index (κ1) is 20.3. The van der Waals surface area contributed by atoms with Crippen LogP contribution in [0.1, 0.15) is 31.1 Å². The highest BCUT2D eigenvalue weighted by Crippen LogP contribution is 2.24. The van der Waals surface area contributed by atoms with Crippen LogP contribution in [0.4, 0.5) is 0 Å². The number of esters is 2. The lowest BCUT2D eigenvalue weighted by atomic mass is 10.1. The van der Waals surface area contributed by atoms with Gasteiger partial charge in [-0.15, -0.1) is 0 Å². The standard InChI is InChI=1S/C21H24O6/c1-4-25-17-10-6-8-15(12-17)13-19(22)27-20(21(23)24-3)16-9-7-11-18(14-16)26-5-2/h6-12,14,20H,4-5,13H2,1-3H3. The van der Waals surface area contributed by atoms with Crippen LogP contribution in [0.15, 0.2) is 48.5 Å². The van der Waals surface area contributed by atoms with Crippen molar-refractivity contribution in [2.75, 3.05) is 20.3 Å². The molecule has 0 aromatic heterocycles. The maximum Gasteiger partial charge on any atom is 0.351 e. The second-order valence-electron chi connectivity index (χ2n) is 5.66. The molecule has 0 saturated carbocycles. The Balaban J connectivity index is 2.13. The summed E-state index contributed by atoms with van der Waals surface area (Å²) in [5.41, 5.74) is 1.22. The van der Waals surface area contributed by atoms with E-state index in [0.717, 1.165) is 5.56 Å². The Bertz CT molecular complexity index is 771.